The van der Waals surface area contributed by atoms with Gasteiger partial charge < -0.3 is 5.32 Å². The first-order valence-electron chi connectivity index (χ1n) is 7.20. The Morgan fingerprint density at radius 1 is 1.33 bits per heavy atom. The maximum absolute atomic E-state index is 12.8. The van der Waals surface area contributed by atoms with E-state index >= 15 is 0 Å². The summed E-state index contributed by atoms with van der Waals surface area (Å²) in [6.07, 6.45) is -4.01. The second-order valence-electron chi connectivity index (χ2n) is 5.39. The van der Waals surface area contributed by atoms with E-state index in [-0.39, 0.29) is 10.2 Å². The van der Waals surface area contributed by atoms with Crippen LogP contribution in [0.15, 0.2) is 10.5 Å². The zero-order valence-electron chi connectivity index (χ0n) is 13.4. The Labute approximate surface area is 145 Å². The lowest BCUT2D eigenvalue weighted by Gasteiger charge is -2.07. The molecule has 0 saturated carbocycles. The molecule has 2 aromatic rings. The third kappa shape index (κ3) is 3.97. The number of nitrogens with one attached hydrogen (secondary N) is 1. The highest BCUT2D eigenvalue weighted by Crippen LogP contribution is 2.35. The Bertz CT molecular complexity index is 750. The van der Waals surface area contributed by atoms with Gasteiger partial charge in [-0.1, -0.05) is 0 Å². The first kappa shape index (κ1) is 18.5. The van der Waals surface area contributed by atoms with Crippen molar-refractivity contribution in [1.29, 1.82) is 0 Å². The summed E-state index contributed by atoms with van der Waals surface area (Å²) in [5.74, 6) is -0.610. The number of aromatic nitrogens is 4. The molecule has 0 bridgehead atoms. The molecule has 2 aromatic heterocycles. The summed E-state index contributed by atoms with van der Waals surface area (Å²) in [7, 11) is 1.30. The second-order valence-corrected chi connectivity index (χ2v) is 6.19. The summed E-state index contributed by atoms with van der Waals surface area (Å²) >= 11 is 2.82. The highest BCUT2D eigenvalue weighted by molar-refractivity contribution is 9.10. The zero-order chi connectivity index (χ0) is 18.1. The topological polar surface area (TPSA) is 64.7 Å². The summed E-state index contributed by atoms with van der Waals surface area (Å²) in [5, 5.41) is 10.3. The molecule has 2 heterocycles. The van der Waals surface area contributed by atoms with Crippen molar-refractivity contribution >= 4 is 21.8 Å². The van der Waals surface area contributed by atoms with E-state index in [1.165, 1.54) is 7.05 Å². The van der Waals surface area contributed by atoms with Crippen molar-refractivity contribution in [2.75, 3.05) is 6.54 Å². The molecule has 0 atom stereocenters. The number of carbonyl (C=O) groups excluding carboxylic acids is 1. The lowest BCUT2D eigenvalue weighted by atomic mass is 10.3. The predicted octanol–water partition coefficient (Wildman–Crippen LogP) is 2.83. The molecule has 0 aliphatic heterocycles. The van der Waals surface area contributed by atoms with Crippen molar-refractivity contribution in [3.05, 3.63) is 33.3 Å². The number of nitrogens with zero attached hydrogens (tertiary/aromatic N) is 4. The van der Waals surface area contributed by atoms with Crippen molar-refractivity contribution in [3.63, 3.8) is 0 Å². The number of carbonyl (C=O) groups is 1. The molecule has 0 aliphatic carbocycles. The van der Waals surface area contributed by atoms with E-state index in [1.807, 2.05) is 24.6 Å². The molecule has 1 amide bonds. The monoisotopic (exact) mass is 407 g/mol. The Morgan fingerprint density at radius 3 is 2.50 bits per heavy atom. The first-order valence-corrected chi connectivity index (χ1v) is 7.99. The second kappa shape index (κ2) is 6.96. The molecule has 132 valence electrons. The summed E-state index contributed by atoms with van der Waals surface area (Å²) < 4.78 is 40.8. The molecule has 0 fully saturated rings. The van der Waals surface area contributed by atoms with Gasteiger partial charge in [-0.15, -0.1) is 0 Å². The molecule has 0 radical (unpaired) electrons. The fourth-order valence-electron chi connectivity index (χ4n) is 2.34. The van der Waals surface area contributed by atoms with Crippen molar-refractivity contribution < 1.29 is 18.0 Å². The van der Waals surface area contributed by atoms with Crippen molar-refractivity contribution in [2.45, 2.75) is 33.0 Å². The Morgan fingerprint density at radius 2 is 2.00 bits per heavy atom. The van der Waals surface area contributed by atoms with E-state index in [0.29, 0.717) is 19.5 Å². The van der Waals surface area contributed by atoms with Crippen LogP contribution in [0.1, 0.15) is 34.0 Å². The maximum atomic E-state index is 12.8. The lowest BCUT2D eigenvalue weighted by molar-refractivity contribution is -0.142. The number of rotatable bonds is 5. The van der Waals surface area contributed by atoms with Crippen LogP contribution >= 0.6 is 15.9 Å². The normalized spacial score (nSPS) is 11.8. The van der Waals surface area contributed by atoms with Gasteiger partial charge in [0.05, 0.1) is 10.2 Å². The third-order valence-corrected chi connectivity index (χ3v) is 4.16. The van der Waals surface area contributed by atoms with E-state index in [9.17, 15) is 18.0 Å². The van der Waals surface area contributed by atoms with Gasteiger partial charge in [0, 0.05) is 25.8 Å². The average Bonchev–Trinajstić information content (AvgIpc) is 2.93. The van der Waals surface area contributed by atoms with E-state index in [1.54, 1.807) is 0 Å². The van der Waals surface area contributed by atoms with E-state index < -0.39 is 17.8 Å². The first-order chi connectivity index (χ1) is 11.1. The minimum absolute atomic E-state index is 0.159. The summed E-state index contributed by atoms with van der Waals surface area (Å²) in [6.45, 7) is 4.75. The van der Waals surface area contributed by atoms with Gasteiger partial charge in [-0.3, -0.25) is 14.2 Å². The highest BCUT2D eigenvalue weighted by Gasteiger charge is 2.39. The molecular formula is C14H17BrF3N5O. The molecule has 0 saturated heterocycles. The smallest absolute Gasteiger partial charge is 0.351 e. The number of aryl methyl sites for hydroxylation is 4. The minimum Gasteiger partial charge on any atom is -0.351 e. The van der Waals surface area contributed by atoms with Crippen LogP contribution in [-0.4, -0.2) is 32.0 Å². The molecule has 0 spiro atoms. The summed E-state index contributed by atoms with van der Waals surface area (Å²) in [4.78, 5) is 12.1. The van der Waals surface area contributed by atoms with E-state index in [2.05, 4.69) is 31.4 Å². The summed E-state index contributed by atoms with van der Waals surface area (Å²) in [6, 6.07) is 1.95. The van der Waals surface area contributed by atoms with Crippen LogP contribution < -0.4 is 5.32 Å². The van der Waals surface area contributed by atoms with Gasteiger partial charge in [0.15, 0.2) is 5.69 Å². The molecule has 24 heavy (non-hydrogen) atoms. The number of alkyl halides is 3. The number of hydrogen-bond acceptors (Lipinski definition) is 3. The van der Waals surface area contributed by atoms with Gasteiger partial charge in [0.2, 0.25) is 0 Å². The van der Waals surface area contributed by atoms with Gasteiger partial charge in [-0.25, -0.2) is 0 Å². The van der Waals surface area contributed by atoms with E-state index in [0.717, 1.165) is 16.1 Å². The maximum Gasteiger partial charge on any atom is 0.436 e. The van der Waals surface area contributed by atoms with Crippen molar-refractivity contribution in [3.8, 4) is 0 Å². The van der Waals surface area contributed by atoms with Crippen LogP contribution in [0.5, 0.6) is 0 Å². The standard InChI is InChI=1S/C14H17BrF3N5O/c1-8-7-9(2)23(20-8)6-4-5-19-13(24)11-10(15)12(14(16,17)18)21-22(11)3/h7H,4-6H2,1-3H3,(H,19,24). The molecule has 1 N–H and O–H groups in total. The molecule has 6 nitrogen and oxygen atoms in total. The van der Waals surface area contributed by atoms with Crippen LogP contribution in [0, 0.1) is 13.8 Å². The van der Waals surface area contributed by atoms with Gasteiger partial charge >= 0.3 is 6.18 Å². The van der Waals surface area contributed by atoms with Crippen LogP contribution in [-0.2, 0) is 19.8 Å². The van der Waals surface area contributed by atoms with Gasteiger partial charge in [0.25, 0.3) is 5.91 Å². The van der Waals surface area contributed by atoms with Gasteiger partial charge in [-0.05, 0) is 42.3 Å². The SMILES string of the molecule is Cc1cc(C)n(CCCNC(=O)c2c(Br)c(C(F)(F)F)nn2C)n1. The Hall–Kier alpha value is -1.84. The molecule has 0 aromatic carbocycles. The summed E-state index contributed by atoms with van der Waals surface area (Å²) in [5.41, 5.74) is 0.657. The quantitative estimate of drug-likeness (QED) is 0.774. The fourth-order valence-corrected chi connectivity index (χ4v) is 3.08. The third-order valence-electron chi connectivity index (χ3n) is 3.41. The minimum atomic E-state index is -4.62. The predicted molar refractivity (Wildman–Crippen MR) is 84.6 cm³/mol. The number of amides is 1. The highest BCUT2D eigenvalue weighted by atomic mass is 79.9. The lowest BCUT2D eigenvalue weighted by Crippen LogP contribution is -2.27. The molecular weight excluding hydrogens is 391 g/mol. The molecule has 0 unspecified atom stereocenters. The van der Waals surface area contributed by atoms with Crippen LogP contribution in [0.3, 0.4) is 0 Å². The largest absolute Gasteiger partial charge is 0.436 e. The Kier molecular flexibility index (Phi) is 5.36. The number of hydrogen-bond donors (Lipinski definition) is 1. The fraction of sp³-hybridized carbons (Fsp3) is 0.500. The van der Waals surface area contributed by atoms with Crippen LogP contribution in [0.25, 0.3) is 0 Å². The molecule has 0 aliphatic rings. The van der Waals surface area contributed by atoms with Gasteiger partial charge in [0.1, 0.15) is 5.69 Å². The van der Waals surface area contributed by atoms with Crippen LogP contribution in [0.4, 0.5) is 13.2 Å². The van der Waals surface area contributed by atoms with E-state index in [4.69, 9.17) is 0 Å². The zero-order valence-corrected chi connectivity index (χ0v) is 15.0. The van der Waals surface area contributed by atoms with Crippen molar-refractivity contribution in [1.82, 2.24) is 24.9 Å². The van der Waals surface area contributed by atoms with Crippen molar-refractivity contribution in [2.24, 2.45) is 7.05 Å². The molecule has 2 rings (SSSR count). The van der Waals surface area contributed by atoms with Gasteiger partial charge in [-0.2, -0.15) is 23.4 Å². The average molecular weight is 408 g/mol. The Balaban J connectivity index is 1.96. The van der Waals surface area contributed by atoms with Crippen LogP contribution in [0.2, 0.25) is 0 Å². The number of halogens is 4. The molecule has 10 heteroatoms.